The van der Waals surface area contributed by atoms with Crippen LogP contribution in [0.3, 0.4) is 0 Å². The number of rotatable bonds is 12. The maximum Gasteiger partial charge on any atom is 0.451 e. The van der Waals surface area contributed by atoms with Crippen molar-refractivity contribution < 1.29 is 32.5 Å². The molecule has 13 nitrogen and oxygen atoms in total. The molecule has 1 aliphatic heterocycles. The van der Waals surface area contributed by atoms with Gasteiger partial charge in [0.25, 0.3) is 0 Å². The Morgan fingerprint density at radius 1 is 1.19 bits per heavy atom. The number of hydrogen-bond donors (Lipinski definition) is 1. The van der Waals surface area contributed by atoms with Crippen LogP contribution in [-0.2, 0) is 34.1 Å². The lowest BCUT2D eigenvalue weighted by molar-refractivity contribution is -0.145. The van der Waals surface area contributed by atoms with E-state index < -0.39 is 41.2 Å². The van der Waals surface area contributed by atoms with Gasteiger partial charge >= 0.3 is 12.1 Å². The lowest BCUT2D eigenvalue weighted by Gasteiger charge is -2.53. The second kappa shape index (κ2) is 13.7. The predicted molar refractivity (Wildman–Crippen MR) is 169 cm³/mol. The highest BCUT2D eigenvalue weighted by Gasteiger charge is 2.48. The molecule has 1 saturated carbocycles. The number of halogens is 3. The number of aromatic nitrogens is 7. The van der Waals surface area contributed by atoms with Crippen molar-refractivity contribution in [1.82, 2.24) is 39.2 Å². The van der Waals surface area contributed by atoms with Gasteiger partial charge < -0.3 is 19.1 Å². The van der Waals surface area contributed by atoms with Crippen molar-refractivity contribution in [2.75, 3.05) is 38.0 Å². The van der Waals surface area contributed by atoms with E-state index in [9.17, 15) is 28.3 Å². The Kier molecular flexibility index (Phi) is 9.59. The van der Waals surface area contributed by atoms with Crippen LogP contribution in [0.25, 0.3) is 22.3 Å². The minimum atomic E-state index is -4.90. The zero-order valence-corrected chi connectivity index (χ0v) is 27.2. The van der Waals surface area contributed by atoms with E-state index in [4.69, 9.17) is 9.47 Å². The standard InChI is InChI=1S/C31H34F3N9O4S/c1-48(2)12-11-46-19-41-10-7-23-26(36-18-37-27(23)41)20-14-38-43(15-20)30(8-9-35)16-42(17-30)21-3-5-22(6-4-21)47-25-13-24(28(44)45)39-29(40-25)31(32,33)34/h7,10,13-15,18,21-22H,3-6,8,11-12,16-17,19H2,1-2H3/p+1. The van der Waals surface area contributed by atoms with E-state index in [-0.39, 0.29) is 12.5 Å². The highest BCUT2D eigenvalue weighted by molar-refractivity contribution is 7.95. The van der Waals surface area contributed by atoms with E-state index in [1.54, 1.807) is 6.20 Å². The first-order valence-corrected chi connectivity index (χ1v) is 17.6. The number of carbonyl (C=O) groups is 1. The average molecular weight is 687 g/mol. The number of fused-ring (bicyclic) bond motifs is 1. The summed E-state index contributed by atoms with van der Waals surface area (Å²) in [6.45, 7) is 2.31. The minimum absolute atomic E-state index is 0.196. The molecule has 0 unspecified atom stereocenters. The fourth-order valence-electron chi connectivity index (χ4n) is 6.30. The molecule has 4 aromatic rings. The number of nitriles is 1. The van der Waals surface area contributed by atoms with Crippen LogP contribution in [0.4, 0.5) is 13.2 Å². The number of carboxylic acids is 1. The highest BCUT2D eigenvalue weighted by atomic mass is 32.2. The van der Waals surface area contributed by atoms with Crippen molar-refractivity contribution in [3.05, 3.63) is 48.6 Å². The monoisotopic (exact) mass is 686 g/mol. The van der Waals surface area contributed by atoms with Crippen LogP contribution in [0, 0.1) is 11.3 Å². The SMILES string of the molecule is C[S+](C)CCOCn1ccc2c(-c3cnn(C4(CC#N)CN(C5CCC(Oc6cc(C(=O)O)nc(C(F)(F)F)n6)CC5)C4)c3)ncnc21. The summed E-state index contributed by atoms with van der Waals surface area (Å²) in [4.78, 5) is 29.1. The van der Waals surface area contributed by atoms with Crippen molar-refractivity contribution in [2.45, 2.75) is 62.7 Å². The molecular formula is C31H35F3N9O4S+. The van der Waals surface area contributed by atoms with Crippen molar-refractivity contribution in [3.63, 3.8) is 0 Å². The highest BCUT2D eigenvalue weighted by Crippen LogP contribution is 2.39. The molecule has 254 valence electrons. The molecule has 0 amide bonds. The molecule has 2 fully saturated rings. The van der Waals surface area contributed by atoms with E-state index in [0.29, 0.717) is 50.2 Å². The number of ether oxygens (including phenoxy) is 2. The van der Waals surface area contributed by atoms with Gasteiger partial charge in [-0.3, -0.25) is 9.58 Å². The molecule has 17 heteroatoms. The van der Waals surface area contributed by atoms with Gasteiger partial charge in [0.05, 0.1) is 43.5 Å². The van der Waals surface area contributed by atoms with E-state index in [2.05, 4.69) is 48.5 Å². The number of nitrogens with zero attached hydrogens (tertiary/aromatic N) is 9. The topological polar surface area (TPSA) is 157 Å². The zero-order valence-electron chi connectivity index (χ0n) is 26.4. The molecule has 48 heavy (non-hydrogen) atoms. The number of carboxylic acid groups (broad SMARTS) is 1. The van der Waals surface area contributed by atoms with Gasteiger partial charge in [-0.25, -0.2) is 19.7 Å². The first kappa shape index (κ1) is 33.6. The van der Waals surface area contributed by atoms with Crippen LogP contribution in [0.5, 0.6) is 5.88 Å². The van der Waals surface area contributed by atoms with Crippen LogP contribution >= 0.6 is 0 Å². The summed E-state index contributed by atoms with van der Waals surface area (Å²) in [5, 5.41) is 24.5. The normalized spacial score (nSPS) is 19.7. The molecule has 1 aliphatic carbocycles. The number of likely N-dealkylation sites (tertiary alicyclic amines) is 1. The molecule has 1 N–H and O–H groups in total. The average Bonchev–Trinajstić information content (AvgIpc) is 3.69. The fraction of sp³-hybridized carbons (Fsp3) is 0.516. The van der Waals surface area contributed by atoms with Crippen LogP contribution in [0.1, 0.15) is 48.4 Å². The summed E-state index contributed by atoms with van der Waals surface area (Å²) < 4.78 is 55.0. The van der Waals surface area contributed by atoms with Crippen LogP contribution in [-0.4, -0.2) is 100 Å². The summed E-state index contributed by atoms with van der Waals surface area (Å²) in [6, 6.07) is 5.41. The number of alkyl halides is 3. The Morgan fingerprint density at radius 2 is 1.96 bits per heavy atom. The Morgan fingerprint density at radius 3 is 2.65 bits per heavy atom. The van der Waals surface area contributed by atoms with Gasteiger partial charge in [0.15, 0.2) is 5.69 Å². The van der Waals surface area contributed by atoms with Gasteiger partial charge in [0, 0.05) is 48.5 Å². The molecule has 6 rings (SSSR count). The molecular weight excluding hydrogens is 651 g/mol. The maximum atomic E-state index is 13.2. The third-order valence-corrected chi connectivity index (χ3v) is 9.77. The Hall–Kier alpha value is -4.27. The third-order valence-electron chi connectivity index (χ3n) is 8.79. The number of hydrogen-bond acceptors (Lipinski definition) is 10. The molecule has 4 aromatic heterocycles. The predicted octanol–water partition coefficient (Wildman–Crippen LogP) is 3.97. The van der Waals surface area contributed by atoms with Gasteiger partial charge in [0.1, 0.15) is 36.1 Å². The molecule has 5 heterocycles. The van der Waals surface area contributed by atoms with Gasteiger partial charge in [-0.2, -0.15) is 28.5 Å². The van der Waals surface area contributed by atoms with Crippen molar-refractivity contribution in [2.24, 2.45) is 0 Å². The summed E-state index contributed by atoms with van der Waals surface area (Å²) >= 11 is 0. The van der Waals surface area contributed by atoms with Crippen LogP contribution in [0.2, 0.25) is 0 Å². The lowest BCUT2D eigenvalue weighted by Crippen LogP contribution is -2.65. The molecule has 0 atom stereocenters. The maximum absolute atomic E-state index is 13.2. The molecule has 2 aliphatic rings. The van der Waals surface area contributed by atoms with E-state index in [1.165, 1.54) is 6.33 Å². The summed E-state index contributed by atoms with van der Waals surface area (Å²) in [5.74, 6) is -2.54. The zero-order chi connectivity index (χ0) is 34.1. The number of aromatic carboxylic acids is 1. The Labute approximate surface area is 277 Å². The lowest BCUT2D eigenvalue weighted by atomic mass is 9.82. The molecule has 1 saturated heterocycles. The summed E-state index contributed by atoms with van der Waals surface area (Å²) in [7, 11) is 0.315. The van der Waals surface area contributed by atoms with E-state index in [1.807, 2.05) is 27.7 Å². The van der Waals surface area contributed by atoms with Gasteiger partial charge in [0.2, 0.25) is 11.7 Å². The van der Waals surface area contributed by atoms with Crippen LogP contribution in [0.15, 0.2) is 37.1 Å². The van der Waals surface area contributed by atoms with Crippen molar-refractivity contribution in [1.29, 1.82) is 5.26 Å². The fourth-order valence-corrected chi connectivity index (χ4v) is 6.76. The quantitative estimate of drug-likeness (QED) is 0.170. The third kappa shape index (κ3) is 7.10. The Balaban J connectivity index is 1.09. The second-order valence-corrected chi connectivity index (χ2v) is 14.8. The van der Waals surface area contributed by atoms with Crippen molar-refractivity contribution in [3.8, 4) is 23.2 Å². The van der Waals surface area contributed by atoms with Crippen LogP contribution < -0.4 is 4.74 Å². The molecule has 0 spiro atoms. The smallest absolute Gasteiger partial charge is 0.451 e. The molecule has 0 aromatic carbocycles. The van der Waals surface area contributed by atoms with Crippen molar-refractivity contribution >= 4 is 27.9 Å². The van der Waals surface area contributed by atoms with Gasteiger partial charge in [-0.15, -0.1) is 0 Å². The first-order valence-electron chi connectivity index (χ1n) is 15.4. The molecule has 0 bridgehead atoms. The first-order chi connectivity index (χ1) is 23.0. The summed E-state index contributed by atoms with van der Waals surface area (Å²) in [5.41, 5.74) is 1.05. The summed E-state index contributed by atoms with van der Waals surface area (Å²) in [6.07, 6.45) is 9.03. The largest absolute Gasteiger partial charge is 0.477 e. The minimum Gasteiger partial charge on any atom is -0.477 e. The molecule has 0 radical (unpaired) electrons. The van der Waals surface area contributed by atoms with Gasteiger partial charge in [-0.05, 0) is 42.6 Å². The van der Waals surface area contributed by atoms with E-state index >= 15 is 0 Å². The van der Waals surface area contributed by atoms with E-state index in [0.717, 1.165) is 47.0 Å². The Bertz CT molecular complexity index is 1810. The van der Waals surface area contributed by atoms with Gasteiger partial charge in [-0.1, -0.05) is 0 Å². The second-order valence-electron chi connectivity index (χ2n) is 12.4.